The Hall–Kier alpha value is -4.06. The van der Waals surface area contributed by atoms with Gasteiger partial charge in [0.2, 0.25) is 11.8 Å². The lowest BCUT2D eigenvalue weighted by Gasteiger charge is -2.33. The highest BCUT2D eigenvalue weighted by Gasteiger charge is 2.36. The van der Waals surface area contributed by atoms with Crippen LogP contribution in [0.15, 0.2) is 77.7 Å². The first-order valence-corrected chi connectivity index (χ1v) is 15.1. The molecule has 1 atom stereocenters. The van der Waals surface area contributed by atoms with E-state index < -0.39 is 46.2 Å². The predicted octanol–water partition coefficient (Wildman–Crippen LogP) is 5.55. The van der Waals surface area contributed by atoms with Crippen molar-refractivity contribution >= 4 is 27.5 Å². The van der Waals surface area contributed by atoms with Crippen LogP contribution in [-0.4, -0.2) is 50.9 Å². The van der Waals surface area contributed by atoms with Gasteiger partial charge in [0.25, 0.3) is 10.0 Å². The number of benzene rings is 3. The Bertz CT molecular complexity index is 1510. The molecule has 0 unspecified atom stereocenters. The summed E-state index contributed by atoms with van der Waals surface area (Å²) < 4.78 is 74.5. The third kappa shape index (κ3) is 8.50. The summed E-state index contributed by atoms with van der Waals surface area (Å²) >= 11 is 0. The van der Waals surface area contributed by atoms with E-state index in [2.05, 4.69) is 5.32 Å². The topological polar surface area (TPSA) is 96.0 Å². The van der Waals surface area contributed by atoms with Crippen LogP contribution >= 0.6 is 0 Å². The Morgan fingerprint density at radius 3 is 2.14 bits per heavy atom. The van der Waals surface area contributed by atoms with E-state index in [0.717, 1.165) is 17.7 Å². The van der Waals surface area contributed by atoms with Crippen molar-refractivity contribution in [3.05, 3.63) is 89.5 Å². The summed E-state index contributed by atoms with van der Waals surface area (Å²) in [5.74, 6) is -0.632. The number of anilines is 1. The van der Waals surface area contributed by atoms with Crippen molar-refractivity contribution in [2.75, 3.05) is 18.0 Å². The molecule has 0 aliphatic heterocycles. The van der Waals surface area contributed by atoms with E-state index >= 15 is 0 Å². The van der Waals surface area contributed by atoms with E-state index in [1.165, 1.54) is 30.2 Å². The molecule has 0 aromatic heterocycles. The predicted molar refractivity (Wildman–Crippen MR) is 158 cm³/mol. The zero-order chi connectivity index (χ0) is 31.9. The zero-order valence-electron chi connectivity index (χ0n) is 24.7. The highest BCUT2D eigenvalue weighted by molar-refractivity contribution is 7.92. The minimum atomic E-state index is -4.75. The van der Waals surface area contributed by atoms with Gasteiger partial charge in [-0.25, -0.2) is 8.42 Å². The second-order valence-corrected chi connectivity index (χ2v) is 12.2. The van der Waals surface area contributed by atoms with Gasteiger partial charge >= 0.3 is 6.18 Å². The van der Waals surface area contributed by atoms with Gasteiger partial charge < -0.3 is 15.0 Å². The fraction of sp³-hybridized carbons (Fsp3) is 0.355. The Labute approximate surface area is 250 Å². The van der Waals surface area contributed by atoms with Gasteiger partial charge in [-0.15, -0.1) is 0 Å². The first kappa shape index (κ1) is 33.4. The standard InChI is InChI=1S/C31H36F3N3O5S/c1-6-28(30(39)35-21(2)3)36(19-23-12-14-26(42-5)15-13-23)29(38)20-37(25-9-7-8-24(18-25)31(32,33)34)43(40,41)27-16-10-22(4)11-17-27/h7-18,21,28H,6,19-20H2,1-5H3,(H,35,39)/t28-/m0/s1. The molecule has 0 saturated heterocycles. The van der Waals surface area contributed by atoms with Crippen molar-refractivity contribution in [3.63, 3.8) is 0 Å². The Morgan fingerprint density at radius 2 is 1.60 bits per heavy atom. The van der Waals surface area contributed by atoms with Gasteiger partial charge in [-0.2, -0.15) is 13.2 Å². The fourth-order valence-electron chi connectivity index (χ4n) is 4.43. The first-order chi connectivity index (χ1) is 20.2. The van der Waals surface area contributed by atoms with E-state index in [1.807, 2.05) is 0 Å². The maximum atomic E-state index is 14.1. The zero-order valence-corrected chi connectivity index (χ0v) is 25.5. The SMILES string of the molecule is CC[C@@H](C(=O)NC(C)C)N(Cc1ccc(OC)cc1)C(=O)CN(c1cccc(C(F)(F)F)c1)S(=O)(=O)c1ccc(C)cc1. The second kappa shape index (κ2) is 13.9. The van der Waals surface area contributed by atoms with Crippen molar-refractivity contribution < 1.29 is 35.9 Å². The van der Waals surface area contributed by atoms with E-state index in [4.69, 9.17) is 4.74 Å². The largest absolute Gasteiger partial charge is 0.497 e. The van der Waals surface area contributed by atoms with Gasteiger partial charge in [0.05, 0.1) is 23.3 Å². The number of amides is 2. The van der Waals surface area contributed by atoms with E-state index in [1.54, 1.807) is 64.1 Å². The number of nitrogens with one attached hydrogen (secondary N) is 1. The number of carbonyl (C=O) groups is 2. The lowest BCUT2D eigenvalue weighted by molar-refractivity contribution is -0.140. The molecule has 232 valence electrons. The maximum absolute atomic E-state index is 14.1. The summed E-state index contributed by atoms with van der Waals surface area (Å²) in [6.07, 6.45) is -4.54. The average Bonchev–Trinajstić information content (AvgIpc) is 2.95. The molecule has 0 spiro atoms. The van der Waals surface area contributed by atoms with Gasteiger partial charge in [0, 0.05) is 12.6 Å². The molecule has 3 rings (SSSR count). The van der Waals surface area contributed by atoms with Crippen LogP contribution < -0.4 is 14.4 Å². The number of sulfonamides is 1. The number of aryl methyl sites for hydroxylation is 1. The molecule has 0 bridgehead atoms. The van der Waals surface area contributed by atoms with Crippen LogP contribution in [0.5, 0.6) is 5.75 Å². The third-order valence-electron chi connectivity index (χ3n) is 6.68. The highest BCUT2D eigenvalue weighted by atomic mass is 32.2. The normalized spacial score (nSPS) is 12.5. The van der Waals surface area contributed by atoms with Crippen LogP contribution in [0.1, 0.15) is 43.9 Å². The Balaban J connectivity index is 2.12. The van der Waals surface area contributed by atoms with Crippen LogP contribution in [0.3, 0.4) is 0 Å². The third-order valence-corrected chi connectivity index (χ3v) is 8.47. The fourth-order valence-corrected chi connectivity index (χ4v) is 5.84. The molecule has 43 heavy (non-hydrogen) atoms. The van der Waals surface area contributed by atoms with Crippen molar-refractivity contribution in [1.29, 1.82) is 0 Å². The van der Waals surface area contributed by atoms with Gasteiger partial charge in [0.15, 0.2) is 0 Å². The van der Waals surface area contributed by atoms with Crippen LogP contribution in [0.25, 0.3) is 0 Å². The minimum absolute atomic E-state index is 0.0616. The average molecular weight is 620 g/mol. The Kier molecular flexibility index (Phi) is 10.8. The van der Waals surface area contributed by atoms with Gasteiger partial charge in [-0.1, -0.05) is 42.8 Å². The van der Waals surface area contributed by atoms with E-state index in [-0.39, 0.29) is 29.6 Å². The molecule has 8 nitrogen and oxygen atoms in total. The summed E-state index contributed by atoms with van der Waals surface area (Å²) in [6, 6.07) is 15.1. The lowest BCUT2D eigenvalue weighted by atomic mass is 10.1. The van der Waals surface area contributed by atoms with Gasteiger partial charge in [-0.05, 0) is 75.2 Å². The number of carbonyl (C=O) groups excluding carboxylic acids is 2. The summed E-state index contributed by atoms with van der Waals surface area (Å²) in [6.45, 7) is 6.10. The number of halogens is 3. The Morgan fingerprint density at radius 1 is 0.977 bits per heavy atom. The molecular formula is C31H36F3N3O5S. The van der Waals surface area contributed by atoms with Crippen LogP contribution in [-0.2, 0) is 32.3 Å². The smallest absolute Gasteiger partial charge is 0.416 e. The highest BCUT2D eigenvalue weighted by Crippen LogP contribution is 2.33. The summed E-state index contributed by atoms with van der Waals surface area (Å²) in [4.78, 5) is 28.3. The number of rotatable bonds is 12. The second-order valence-electron chi connectivity index (χ2n) is 10.3. The molecule has 3 aromatic rings. The van der Waals surface area contributed by atoms with Crippen LogP contribution in [0, 0.1) is 6.92 Å². The minimum Gasteiger partial charge on any atom is -0.497 e. The molecule has 3 aromatic carbocycles. The monoisotopic (exact) mass is 619 g/mol. The summed E-state index contributed by atoms with van der Waals surface area (Å²) in [7, 11) is -3.01. The van der Waals surface area contributed by atoms with Crippen molar-refractivity contribution in [1.82, 2.24) is 10.2 Å². The summed E-state index contributed by atoms with van der Waals surface area (Å²) in [5, 5.41) is 2.79. The molecule has 0 aliphatic carbocycles. The van der Waals surface area contributed by atoms with Crippen molar-refractivity contribution in [2.45, 2.75) is 63.8 Å². The number of hydrogen-bond donors (Lipinski definition) is 1. The number of methoxy groups -OCH3 is 1. The molecule has 0 saturated carbocycles. The molecular weight excluding hydrogens is 583 g/mol. The van der Waals surface area contributed by atoms with Crippen molar-refractivity contribution in [2.24, 2.45) is 0 Å². The lowest BCUT2D eigenvalue weighted by Crippen LogP contribution is -2.53. The van der Waals surface area contributed by atoms with Gasteiger partial charge in [0.1, 0.15) is 18.3 Å². The molecule has 2 amide bonds. The van der Waals surface area contributed by atoms with E-state index in [0.29, 0.717) is 21.7 Å². The van der Waals surface area contributed by atoms with Crippen LogP contribution in [0.4, 0.5) is 18.9 Å². The molecule has 0 radical (unpaired) electrons. The van der Waals surface area contributed by atoms with Gasteiger partial charge in [-0.3, -0.25) is 13.9 Å². The number of ether oxygens (including phenoxy) is 1. The van der Waals surface area contributed by atoms with E-state index in [9.17, 15) is 31.2 Å². The molecule has 0 fully saturated rings. The number of hydrogen-bond acceptors (Lipinski definition) is 5. The number of alkyl halides is 3. The first-order valence-electron chi connectivity index (χ1n) is 13.7. The number of nitrogens with zero attached hydrogens (tertiary/aromatic N) is 2. The molecule has 0 heterocycles. The summed E-state index contributed by atoms with van der Waals surface area (Å²) in [5.41, 5.74) is -0.00237. The molecule has 1 N–H and O–H groups in total. The molecule has 12 heteroatoms. The maximum Gasteiger partial charge on any atom is 0.416 e. The molecule has 0 aliphatic rings. The van der Waals surface area contributed by atoms with Crippen LogP contribution in [0.2, 0.25) is 0 Å². The van der Waals surface area contributed by atoms with Crippen molar-refractivity contribution in [3.8, 4) is 5.75 Å². The quantitative estimate of drug-likeness (QED) is 0.287.